The summed E-state index contributed by atoms with van der Waals surface area (Å²) in [4.78, 5) is 0.255. The highest BCUT2D eigenvalue weighted by Crippen LogP contribution is 2.24. The Morgan fingerprint density at radius 3 is 2.38 bits per heavy atom. The van der Waals surface area contributed by atoms with Crippen molar-refractivity contribution in [3.63, 3.8) is 0 Å². The minimum atomic E-state index is -3.61. The van der Waals surface area contributed by atoms with Crippen LogP contribution in [0.2, 0.25) is 0 Å². The molecule has 2 aromatic carbocycles. The van der Waals surface area contributed by atoms with E-state index in [0.717, 1.165) is 11.1 Å². The summed E-state index contributed by atoms with van der Waals surface area (Å²) in [5, 5.41) is 3.07. The van der Waals surface area contributed by atoms with Gasteiger partial charge in [-0.3, -0.25) is 4.72 Å². The molecule has 0 aliphatic carbocycles. The Balaban J connectivity index is 2.36. The third kappa shape index (κ3) is 3.55. The molecule has 0 aliphatic rings. The van der Waals surface area contributed by atoms with Gasteiger partial charge in [0.25, 0.3) is 10.0 Å². The zero-order valence-corrected chi connectivity index (χ0v) is 13.3. The molecule has 0 saturated carbocycles. The minimum absolute atomic E-state index is 0.255. The van der Waals surface area contributed by atoms with Gasteiger partial charge in [0.1, 0.15) is 4.90 Å². The van der Waals surface area contributed by atoms with Crippen LogP contribution in [0.4, 0.5) is 11.4 Å². The lowest BCUT2D eigenvalue weighted by Crippen LogP contribution is -2.15. The van der Waals surface area contributed by atoms with Gasteiger partial charge in [-0.2, -0.15) is 0 Å². The number of hydrogen-bond acceptors (Lipinski definition) is 3. The Morgan fingerprint density at radius 2 is 1.71 bits per heavy atom. The van der Waals surface area contributed by atoms with Crippen LogP contribution in [0, 0.1) is 13.8 Å². The van der Waals surface area contributed by atoms with Crippen molar-refractivity contribution >= 4 is 21.4 Å². The van der Waals surface area contributed by atoms with E-state index in [9.17, 15) is 8.42 Å². The Labute approximate surface area is 126 Å². The van der Waals surface area contributed by atoms with Crippen molar-refractivity contribution in [2.45, 2.75) is 25.7 Å². The Bertz CT molecular complexity index is 740. The van der Waals surface area contributed by atoms with Crippen molar-refractivity contribution in [3.05, 3.63) is 53.6 Å². The van der Waals surface area contributed by atoms with Crippen LogP contribution >= 0.6 is 0 Å². The van der Waals surface area contributed by atoms with E-state index in [1.54, 1.807) is 24.3 Å². The van der Waals surface area contributed by atoms with Crippen molar-refractivity contribution < 1.29 is 8.42 Å². The number of para-hydroxylation sites is 1. The third-order valence-electron chi connectivity index (χ3n) is 3.30. The molecule has 0 saturated heterocycles. The molecule has 0 radical (unpaired) electrons. The molecule has 0 amide bonds. The van der Waals surface area contributed by atoms with Crippen LogP contribution in [0.5, 0.6) is 0 Å². The van der Waals surface area contributed by atoms with Crippen LogP contribution in [-0.2, 0) is 10.0 Å². The summed E-state index contributed by atoms with van der Waals surface area (Å²) in [6.07, 6.45) is 0. The van der Waals surface area contributed by atoms with E-state index in [-0.39, 0.29) is 4.90 Å². The first-order valence-corrected chi connectivity index (χ1v) is 8.35. The molecular formula is C16H20N2O2S. The van der Waals surface area contributed by atoms with E-state index in [0.29, 0.717) is 17.9 Å². The van der Waals surface area contributed by atoms with Crippen molar-refractivity contribution in [2.24, 2.45) is 0 Å². The van der Waals surface area contributed by atoms with Gasteiger partial charge in [-0.15, -0.1) is 0 Å². The first kappa shape index (κ1) is 15.4. The molecule has 21 heavy (non-hydrogen) atoms. The van der Waals surface area contributed by atoms with Crippen molar-refractivity contribution in [3.8, 4) is 0 Å². The Hall–Kier alpha value is -2.01. The summed E-state index contributed by atoms with van der Waals surface area (Å²) in [5.74, 6) is 0. The second kappa shape index (κ2) is 6.18. The van der Waals surface area contributed by atoms with Gasteiger partial charge in [0.05, 0.1) is 5.69 Å². The summed E-state index contributed by atoms with van der Waals surface area (Å²) in [7, 11) is -3.61. The predicted molar refractivity (Wildman–Crippen MR) is 87.3 cm³/mol. The smallest absolute Gasteiger partial charge is 0.263 e. The molecule has 2 aromatic rings. The fraction of sp³-hybridized carbons (Fsp3) is 0.250. The van der Waals surface area contributed by atoms with E-state index in [2.05, 4.69) is 10.0 Å². The van der Waals surface area contributed by atoms with E-state index >= 15 is 0 Å². The van der Waals surface area contributed by atoms with Gasteiger partial charge in [-0.05, 0) is 56.2 Å². The summed E-state index contributed by atoms with van der Waals surface area (Å²) in [6, 6.07) is 12.4. The van der Waals surface area contributed by atoms with E-state index < -0.39 is 10.0 Å². The van der Waals surface area contributed by atoms with E-state index in [1.807, 2.05) is 39.0 Å². The maximum absolute atomic E-state index is 12.5. The van der Waals surface area contributed by atoms with Crippen LogP contribution in [0.15, 0.2) is 47.4 Å². The zero-order valence-electron chi connectivity index (χ0n) is 12.5. The standard InChI is InChI=1S/C16H20N2O2S/c1-4-17-15-7-5-6-8-16(15)21(19,20)18-14-10-9-12(2)13(3)11-14/h5-11,17-18H,4H2,1-3H3. The molecule has 0 aromatic heterocycles. The molecule has 0 fully saturated rings. The molecular weight excluding hydrogens is 284 g/mol. The molecule has 0 unspecified atom stereocenters. The lowest BCUT2D eigenvalue weighted by Gasteiger charge is -2.13. The van der Waals surface area contributed by atoms with Crippen LogP contribution in [0.1, 0.15) is 18.1 Å². The maximum atomic E-state index is 12.5. The highest BCUT2D eigenvalue weighted by Gasteiger charge is 2.18. The second-order valence-corrected chi connectivity index (χ2v) is 6.58. The van der Waals surface area contributed by atoms with Crippen molar-refractivity contribution in [2.75, 3.05) is 16.6 Å². The molecule has 0 spiro atoms. The van der Waals surface area contributed by atoms with Crippen molar-refractivity contribution in [1.29, 1.82) is 0 Å². The second-order valence-electron chi connectivity index (χ2n) is 4.93. The number of hydrogen-bond donors (Lipinski definition) is 2. The molecule has 2 N–H and O–H groups in total. The summed E-state index contributed by atoms with van der Waals surface area (Å²) < 4.78 is 27.7. The van der Waals surface area contributed by atoms with E-state index in [4.69, 9.17) is 0 Å². The molecule has 112 valence electrons. The highest BCUT2D eigenvalue weighted by molar-refractivity contribution is 7.92. The average molecular weight is 304 g/mol. The normalized spacial score (nSPS) is 11.2. The molecule has 2 rings (SSSR count). The lowest BCUT2D eigenvalue weighted by molar-refractivity contribution is 0.601. The molecule has 0 atom stereocenters. The molecule has 0 aliphatic heterocycles. The first-order valence-electron chi connectivity index (χ1n) is 6.87. The largest absolute Gasteiger partial charge is 0.384 e. The summed E-state index contributed by atoms with van der Waals surface area (Å²) in [5.41, 5.74) is 3.36. The molecule has 5 heteroatoms. The minimum Gasteiger partial charge on any atom is -0.384 e. The number of benzene rings is 2. The zero-order chi connectivity index (χ0) is 15.5. The van der Waals surface area contributed by atoms with Crippen molar-refractivity contribution in [1.82, 2.24) is 0 Å². The van der Waals surface area contributed by atoms with Gasteiger partial charge in [0.2, 0.25) is 0 Å². The van der Waals surface area contributed by atoms with E-state index in [1.165, 1.54) is 0 Å². The topological polar surface area (TPSA) is 58.2 Å². The lowest BCUT2D eigenvalue weighted by atomic mass is 10.1. The van der Waals surface area contributed by atoms with Crippen LogP contribution < -0.4 is 10.0 Å². The third-order valence-corrected chi connectivity index (χ3v) is 4.74. The molecule has 4 nitrogen and oxygen atoms in total. The Kier molecular flexibility index (Phi) is 4.53. The fourth-order valence-electron chi connectivity index (χ4n) is 2.05. The number of aryl methyl sites for hydroxylation is 2. The SMILES string of the molecule is CCNc1ccccc1S(=O)(=O)Nc1ccc(C)c(C)c1. The quantitative estimate of drug-likeness (QED) is 0.888. The fourth-order valence-corrected chi connectivity index (χ4v) is 3.29. The number of sulfonamides is 1. The van der Waals surface area contributed by atoms with Crippen LogP contribution in [0.25, 0.3) is 0 Å². The monoisotopic (exact) mass is 304 g/mol. The summed E-state index contributed by atoms with van der Waals surface area (Å²) >= 11 is 0. The maximum Gasteiger partial charge on any atom is 0.263 e. The van der Waals surface area contributed by atoms with Gasteiger partial charge in [0.15, 0.2) is 0 Å². The van der Waals surface area contributed by atoms with Crippen LogP contribution in [-0.4, -0.2) is 15.0 Å². The number of anilines is 2. The highest BCUT2D eigenvalue weighted by atomic mass is 32.2. The van der Waals surface area contributed by atoms with Gasteiger partial charge in [-0.25, -0.2) is 8.42 Å². The Morgan fingerprint density at radius 1 is 1.00 bits per heavy atom. The molecule has 0 bridgehead atoms. The van der Waals surface area contributed by atoms with Gasteiger partial charge < -0.3 is 5.32 Å². The van der Waals surface area contributed by atoms with Gasteiger partial charge in [0, 0.05) is 12.2 Å². The van der Waals surface area contributed by atoms with Gasteiger partial charge >= 0.3 is 0 Å². The summed E-state index contributed by atoms with van der Waals surface area (Å²) in [6.45, 7) is 6.55. The average Bonchev–Trinajstić information content (AvgIpc) is 2.43. The first-order chi connectivity index (χ1) is 9.94. The number of nitrogens with one attached hydrogen (secondary N) is 2. The van der Waals surface area contributed by atoms with Gasteiger partial charge in [-0.1, -0.05) is 18.2 Å². The van der Waals surface area contributed by atoms with Crippen LogP contribution in [0.3, 0.4) is 0 Å². The number of rotatable bonds is 5. The molecule has 0 heterocycles. The predicted octanol–water partition coefficient (Wildman–Crippen LogP) is 3.54.